The Morgan fingerprint density at radius 1 is 1.35 bits per heavy atom. The lowest BCUT2D eigenvalue weighted by Gasteiger charge is -2.24. The first kappa shape index (κ1) is 14.1. The lowest BCUT2D eigenvalue weighted by atomic mass is 9.99. The van der Waals surface area contributed by atoms with Crippen LogP contribution in [0.4, 0.5) is 4.39 Å². The smallest absolute Gasteiger partial charge is 0.151 e. The summed E-state index contributed by atoms with van der Waals surface area (Å²) in [6.07, 6.45) is 1.21. The molecule has 96 valence electrons. The van der Waals surface area contributed by atoms with Gasteiger partial charge in [-0.3, -0.25) is 0 Å². The lowest BCUT2D eigenvalue weighted by molar-refractivity contribution is 0.532. The monoisotopic (exact) mass is 259 g/mol. The molecule has 5 heteroatoms. The van der Waals surface area contributed by atoms with Crippen LogP contribution >= 0.6 is 0 Å². The Balaban J connectivity index is 3.19. The van der Waals surface area contributed by atoms with Crippen molar-refractivity contribution in [1.82, 2.24) is 5.32 Å². The van der Waals surface area contributed by atoms with Crippen molar-refractivity contribution in [3.63, 3.8) is 0 Å². The topological polar surface area (TPSA) is 46.2 Å². The fourth-order valence-corrected chi connectivity index (χ4v) is 2.66. The van der Waals surface area contributed by atoms with Gasteiger partial charge in [0, 0.05) is 12.3 Å². The van der Waals surface area contributed by atoms with E-state index in [2.05, 4.69) is 5.32 Å². The van der Waals surface area contributed by atoms with Crippen LogP contribution < -0.4 is 5.32 Å². The van der Waals surface area contributed by atoms with Gasteiger partial charge in [-0.25, -0.2) is 12.8 Å². The van der Waals surface area contributed by atoms with E-state index in [0.29, 0.717) is 0 Å². The van der Waals surface area contributed by atoms with Gasteiger partial charge in [-0.2, -0.15) is 0 Å². The standard InChI is InChI=1S/C12H18FNO2S/c1-8-7-10(13)5-6-11(8)12(14-3)9(2)17(4,15)16/h5-7,9,12,14H,1-4H3. The van der Waals surface area contributed by atoms with E-state index in [1.165, 1.54) is 18.4 Å². The van der Waals surface area contributed by atoms with E-state index in [0.717, 1.165) is 11.1 Å². The van der Waals surface area contributed by atoms with E-state index >= 15 is 0 Å². The van der Waals surface area contributed by atoms with E-state index < -0.39 is 15.1 Å². The highest BCUT2D eigenvalue weighted by atomic mass is 32.2. The van der Waals surface area contributed by atoms with Crippen LogP contribution in [0, 0.1) is 12.7 Å². The maximum atomic E-state index is 13.0. The number of benzene rings is 1. The van der Waals surface area contributed by atoms with Gasteiger partial charge in [0.15, 0.2) is 9.84 Å². The fourth-order valence-electron chi connectivity index (χ4n) is 1.88. The summed E-state index contributed by atoms with van der Waals surface area (Å²) in [7, 11) is -1.44. The van der Waals surface area contributed by atoms with E-state index in [9.17, 15) is 12.8 Å². The zero-order chi connectivity index (χ0) is 13.2. The number of nitrogens with one attached hydrogen (secondary N) is 1. The highest BCUT2D eigenvalue weighted by molar-refractivity contribution is 7.91. The third-order valence-corrected chi connectivity index (χ3v) is 4.65. The van der Waals surface area contributed by atoms with Crippen molar-refractivity contribution in [2.75, 3.05) is 13.3 Å². The quantitative estimate of drug-likeness (QED) is 0.897. The predicted octanol–water partition coefficient (Wildman–Crippen LogP) is 1.83. The second-order valence-electron chi connectivity index (χ2n) is 4.30. The Bertz CT molecular complexity index is 499. The van der Waals surface area contributed by atoms with Gasteiger partial charge < -0.3 is 5.32 Å². The summed E-state index contributed by atoms with van der Waals surface area (Å²) in [4.78, 5) is 0. The van der Waals surface area contributed by atoms with E-state index in [1.807, 2.05) is 0 Å². The highest BCUT2D eigenvalue weighted by Gasteiger charge is 2.27. The molecule has 3 nitrogen and oxygen atoms in total. The first-order valence-electron chi connectivity index (χ1n) is 5.39. The number of aryl methyl sites for hydroxylation is 1. The average molecular weight is 259 g/mol. The molecule has 0 aliphatic carbocycles. The van der Waals surface area contributed by atoms with Crippen LogP contribution in [0.2, 0.25) is 0 Å². The molecule has 1 rings (SSSR count). The maximum absolute atomic E-state index is 13.0. The molecule has 0 amide bonds. The molecule has 0 aliphatic heterocycles. The molecule has 1 aromatic carbocycles. The first-order chi connectivity index (χ1) is 7.77. The molecular formula is C12H18FNO2S. The minimum Gasteiger partial charge on any atom is -0.312 e. The van der Waals surface area contributed by atoms with Gasteiger partial charge in [-0.05, 0) is 44.2 Å². The van der Waals surface area contributed by atoms with Crippen LogP contribution in [0.1, 0.15) is 24.1 Å². The third-order valence-electron chi connectivity index (χ3n) is 3.02. The van der Waals surface area contributed by atoms with Gasteiger partial charge in [0.05, 0.1) is 5.25 Å². The molecule has 0 heterocycles. The van der Waals surface area contributed by atoms with Crippen molar-refractivity contribution >= 4 is 9.84 Å². The van der Waals surface area contributed by atoms with Crippen molar-refractivity contribution in [3.8, 4) is 0 Å². The summed E-state index contributed by atoms with van der Waals surface area (Å²) < 4.78 is 36.1. The van der Waals surface area contributed by atoms with Gasteiger partial charge in [-0.15, -0.1) is 0 Å². The van der Waals surface area contributed by atoms with Crippen LogP contribution in [0.25, 0.3) is 0 Å². The summed E-state index contributed by atoms with van der Waals surface area (Å²) in [6, 6.07) is 4.06. The molecule has 0 aromatic heterocycles. The summed E-state index contributed by atoms with van der Waals surface area (Å²) in [5.41, 5.74) is 1.56. The van der Waals surface area contributed by atoms with E-state index in [1.54, 1.807) is 27.0 Å². The molecule has 0 saturated heterocycles. The third kappa shape index (κ3) is 3.26. The first-order valence-corrected chi connectivity index (χ1v) is 7.35. The Hall–Kier alpha value is -0.940. The molecule has 0 fully saturated rings. The molecule has 0 aliphatic rings. The largest absolute Gasteiger partial charge is 0.312 e. The van der Waals surface area contributed by atoms with Gasteiger partial charge in [0.25, 0.3) is 0 Å². The minimum atomic E-state index is -3.15. The molecule has 2 atom stereocenters. The van der Waals surface area contributed by atoms with Crippen LogP contribution in [0.15, 0.2) is 18.2 Å². The summed E-state index contributed by atoms with van der Waals surface area (Å²) in [5, 5.41) is 2.42. The molecule has 0 spiro atoms. The van der Waals surface area contributed by atoms with Crippen LogP contribution in [0.3, 0.4) is 0 Å². The van der Waals surface area contributed by atoms with Gasteiger partial charge in [-0.1, -0.05) is 6.07 Å². The van der Waals surface area contributed by atoms with E-state index in [4.69, 9.17) is 0 Å². The summed E-state index contributed by atoms with van der Waals surface area (Å²) in [6.45, 7) is 3.43. The Kier molecular flexibility index (Phi) is 4.27. The van der Waals surface area contributed by atoms with Gasteiger partial charge in [0.1, 0.15) is 5.82 Å². The summed E-state index contributed by atoms with van der Waals surface area (Å²) in [5.74, 6) is -0.312. The maximum Gasteiger partial charge on any atom is 0.151 e. The van der Waals surface area contributed by atoms with Crippen LogP contribution in [0.5, 0.6) is 0 Å². The second-order valence-corrected chi connectivity index (χ2v) is 6.70. The van der Waals surface area contributed by atoms with Crippen molar-refractivity contribution in [2.24, 2.45) is 0 Å². The molecule has 1 N–H and O–H groups in total. The van der Waals surface area contributed by atoms with Crippen molar-refractivity contribution < 1.29 is 12.8 Å². The highest BCUT2D eigenvalue weighted by Crippen LogP contribution is 2.24. The predicted molar refractivity (Wildman–Crippen MR) is 67.2 cm³/mol. The van der Waals surface area contributed by atoms with Crippen molar-refractivity contribution in [3.05, 3.63) is 35.1 Å². The average Bonchev–Trinajstić information content (AvgIpc) is 2.20. The number of halogens is 1. The minimum absolute atomic E-state index is 0.312. The molecule has 0 bridgehead atoms. The zero-order valence-electron chi connectivity index (χ0n) is 10.5. The fraction of sp³-hybridized carbons (Fsp3) is 0.500. The zero-order valence-corrected chi connectivity index (χ0v) is 11.3. The Labute approximate surface area is 102 Å². The number of rotatable bonds is 4. The molecular weight excluding hydrogens is 241 g/mol. The molecule has 0 saturated carbocycles. The molecule has 0 radical (unpaired) electrons. The number of hydrogen-bond acceptors (Lipinski definition) is 3. The molecule has 17 heavy (non-hydrogen) atoms. The molecule has 2 unspecified atom stereocenters. The van der Waals surface area contributed by atoms with Crippen LogP contribution in [-0.4, -0.2) is 27.0 Å². The van der Waals surface area contributed by atoms with Gasteiger partial charge >= 0.3 is 0 Å². The van der Waals surface area contributed by atoms with Crippen molar-refractivity contribution in [2.45, 2.75) is 25.1 Å². The lowest BCUT2D eigenvalue weighted by Crippen LogP contribution is -2.33. The van der Waals surface area contributed by atoms with Crippen LogP contribution in [-0.2, 0) is 9.84 Å². The Morgan fingerprint density at radius 2 is 1.94 bits per heavy atom. The Morgan fingerprint density at radius 3 is 2.35 bits per heavy atom. The SMILES string of the molecule is CNC(c1ccc(F)cc1C)C(C)S(C)(=O)=O. The number of hydrogen-bond donors (Lipinski definition) is 1. The van der Waals surface area contributed by atoms with Gasteiger partial charge in [0.2, 0.25) is 0 Å². The van der Waals surface area contributed by atoms with Crippen molar-refractivity contribution in [1.29, 1.82) is 0 Å². The number of sulfone groups is 1. The normalized spacial score (nSPS) is 15.6. The summed E-state index contributed by atoms with van der Waals surface area (Å²) >= 11 is 0. The van der Waals surface area contributed by atoms with E-state index in [-0.39, 0.29) is 11.9 Å². The molecule has 1 aromatic rings. The second kappa shape index (κ2) is 5.14.